The molecule has 2 heterocycles. The van der Waals surface area contributed by atoms with Crippen LogP contribution in [0.3, 0.4) is 0 Å². The predicted octanol–water partition coefficient (Wildman–Crippen LogP) is 4.53. The highest BCUT2D eigenvalue weighted by Crippen LogP contribution is 2.30. The van der Waals surface area contributed by atoms with E-state index in [1.807, 2.05) is 57.9 Å². The van der Waals surface area contributed by atoms with Crippen LogP contribution in [0.2, 0.25) is 0 Å². The summed E-state index contributed by atoms with van der Waals surface area (Å²) in [5.74, 6) is 0. The summed E-state index contributed by atoms with van der Waals surface area (Å²) in [6.45, 7) is 0.390. The zero-order valence-electron chi connectivity index (χ0n) is 17.8. The third kappa shape index (κ3) is 6.87. The molecule has 2 amide bonds. The van der Waals surface area contributed by atoms with Gasteiger partial charge >= 0.3 is 6.03 Å². The van der Waals surface area contributed by atoms with Gasteiger partial charge in [0, 0.05) is 17.6 Å². The molecule has 8 nitrogen and oxygen atoms in total. The number of thiazole rings is 1. The Hall–Kier alpha value is -3.25. The normalized spacial score (nSPS) is 12.1. The van der Waals surface area contributed by atoms with E-state index in [9.17, 15) is 17.8 Å². The lowest BCUT2D eigenvalue weighted by Gasteiger charge is -2.18. The van der Waals surface area contributed by atoms with Crippen molar-refractivity contribution in [1.29, 1.82) is 0 Å². The molecule has 0 radical (unpaired) electrons. The first-order valence-corrected chi connectivity index (χ1v) is 13.4. The quantitative estimate of drug-likeness (QED) is 0.284. The minimum Gasteiger partial charge on any atom is -0.731 e. The first-order valence-electron chi connectivity index (χ1n) is 10.3. The van der Waals surface area contributed by atoms with E-state index in [2.05, 4.69) is 10.6 Å². The van der Waals surface area contributed by atoms with Crippen molar-refractivity contribution in [1.82, 2.24) is 15.6 Å². The van der Waals surface area contributed by atoms with Crippen LogP contribution in [0.1, 0.15) is 22.9 Å². The molecule has 0 saturated heterocycles. The maximum absolute atomic E-state index is 12.7. The highest BCUT2D eigenvalue weighted by atomic mass is 32.2. The molecular formula is C23H21N4O4S3-. The molecule has 0 aliphatic carbocycles. The van der Waals surface area contributed by atoms with Gasteiger partial charge < -0.3 is 15.2 Å². The van der Waals surface area contributed by atoms with E-state index in [1.165, 1.54) is 23.5 Å². The standard InChI is InChI=1S/C23H22N4O4S3/c28-23(24-14-17-5-2-1-3-6-17)26-19(20-15-33-22(25-20)21-7-4-12-32-21)13-16-8-10-18(11-9-16)27-34(29,30)31/h1-12,15,19,27H,13-14H2,(H2,24,26,28)(H,29,30,31)/p-1/t19-/m0/s1. The summed E-state index contributed by atoms with van der Waals surface area (Å²) < 4.78 is 34.6. The Kier molecular flexibility index (Phi) is 7.58. The second kappa shape index (κ2) is 10.8. The van der Waals surface area contributed by atoms with Crippen LogP contribution in [0.25, 0.3) is 9.88 Å². The third-order valence-corrected chi connectivity index (χ3v) is 7.23. The number of thiophene rings is 1. The fourth-order valence-corrected chi connectivity index (χ4v) is 5.38. The number of carbonyl (C=O) groups excluding carboxylic acids is 1. The molecule has 176 valence electrons. The maximum atomic E-state index is 12.7. The molecule has 0 unspecified atom stereocenters. The Labute approximate surface area is 205 Å². The zero-order valence-corrected chi connectivity index (χ0v) is 20.3. The SMILES string of the molecule is O=C(NCc1ccccc1)N[C@@H](Cc1ccc(NS(=O)(=O)[O-])cc1)c1csc(-c2cccs2)n1. The number of hydrogen-bond donors (Lipinski definition) is 3. The van der Waals surface area contributed by atoms with Crippen LogP contribution in [0.4, 0.5) is 10.5 Å². The van der Waals surface area contributed by atoms with Crippen molar-refractivity contribution in [3.8, 4) is 9.88 Å². The fraction of sp³-hybridized carbons (Fsp3) is 0.130. The van der Waals surface area contributed by atoms with Gasteiger partial charge in [0.1, 0.15) is 5.01 Å². The highest BCUT2D eigenvalue weighted by Gasteiger charge is 2.19. The average molecular weight is 514 g/mol. The van der Waals surface area contributed by atoms with Gasteiger partial charge in [-0.05, 0) is 41.1 Å². The van der Waals surface area contributed by atoms with E-state index in [0.29, 0.717) is 13.0 Å². The molecule has 11 heteroatoms. The second-order valence-corrected chi connectivity index (χ2v) is 10.3. The molecule has 0 aliphatic heterocycles. The highest BCUT2D eigenvalue weighted by molar-refractivity contribution is 7.87. The summed E-state index contributed by atoms with van der Waals surface area (Å²) in [5.41, 5.74) is 2.73. The van der Waals surface area contributed by atoms with Crippen LogP contribution < -0.4 is 15.4 Å². The number of nitrogens with zero attached hydrogens (tertiary/aromatic N) is 1. The zero-order chi connectivity index (χ0) is 24.0. The molecule has 3 N–H and O–H groups in total. The fourth-order valence-electron chi connectivity index (χ4n) is 3.27. The van der Waals surface area contributed by atoms with Crippen molar-refractivity contribution in [2.24, 2.45) is 0 Å². The van der Waals surface area contributed by atoms with Gasteiger partial charge in [0.25, 0.3) is 0 Å². The van der Waals surface area contributed by atoms with Crippen LogP contribution in [0, 0.1) is 0 Å². The first-order chi connectivity index (χ1) is 16.4. The lowest BCUT2D eigenvalue weighted by atomic mass is 10.0. The van der Waals surface area contributed by atoms with Gasteiger partial charge in [0.2, 0.25) is 0 Å². The van der Waals surface area contributed by atoms with Gasteiger partial charge in [-0.15, -0.1) is 22.7 Å². The van der Waals surface area contributed by atoms with Crippen LogP contribution in [-0.2, 0) is 23.3 Å². The molecule has 4 aromatic rings. The molecule has 0 fully saturated rings. The van der Waals surface area contributed by atoms with Crippen molar-refractivity contribution < 1.29 is 17.8 Å². The van der Waals surface area contributed by atoms with Crippen LogP contribution in [-0.4, -0.2) is 24.0 Å². The Morgan fingerprint density at radius 1 is 0.971 bits per heavy atom. The number of nitrogens with one attached hydrogen (secondary N) is 3. The molecule has 1 atom stereocenters. The number of urea groups is 1. The number of rotatable bonds is 9. The number of anilines is 1. The molecule has 0 bridgehead atoms. The van der Waals surface area contributed by atoms with E-state index < -0.39 is 16.3 Å². The lowest BCUT2D eigenvalue weighted by Crippen LogP contribution is -2.38. The number of amides is 2. The number of aromatic nitrogens is 1. The summed E-state index contributed by atoms with van der Waals surface area (Å²) in [6, 6.07) is 19.3. The molecule has 2 aromatic carbocycles. The number of hydrogen-bond acceptors (Lipinski definition) is 7. The second-order valence-electron chi connectivity index (χ2n) is 7.38. The van der Waals surface area contributed by atoms with E-state index >= 15 is 0 Å². The van der Waals surface area contributed by atoms with E-state index in [1.54, 1.807) is 23.5 Å². The monoisotopic (exact) mass is 513 g/mol. The molecule has 4 rings (SSSR count). The summed E-state index contributed by atoms with van der Waals surface area (Å²) in [5, 5.41) is 10.7. The first kappa shape index (κ1) is 23.9. The molecule has 2 aromatic heterocycles. The Morgan fingerprint density at radius 2 is 1.74 bits per heavy atom. The van der Waals surface area contributed by atoms with Crippen LogP contribution in [0.15, 0.2) is 77.5 Å². The number of benzene rings is 2. The van der Waals surface area contributed by atoms with Crippen LogP contribution >= 0.6 is 22.7 Å². The Bertz CT molecular complexity index is 1320. The molecule has 0 spiro atoms. The number of carbonyl (C=O) groups is 1. The minimum absolute atomic E-state index is 0.178. The van der Waals surface area contributed by atoms with Crippen LogP contribution in [0.5, 0.6) is 0 Å². The minimum atomic E-state index is -4.59. The van der Waals surface area contributed by atoms with Gasteiger partial charge in [0.15, 0.2) is 10.3 Å². The van der Waals surface area contributed by atoms with Crippen molar-refractivity contribution in [2.75, 3.05) is 4.72 Å². The topological polar surface area (TPSA) is 123 Å². The van der Waals surface area contributed by atoms with Crippen molar-refractivity contribution >= 4 is 44.7 Å². The van der Waals surface area contributed by atoms with Crippen molar-refractivity contribution in [3.63, 3.8) is 0 Å². The van der Waals surface area contributed by atoms with E-state index in [-0.39, 0.29) is 11.7 Å². The summed E-state index contributed by atoms with van der Waals surface area (Å²) in [6.07, 6.45) is 0.427. The maximum Gasteiger partial charge on any atom is 0.315 e. The van der Waals surface area contributed by atoms with Gasteiger partial charge in [-0.3, -0.25) is 4.72 Å². The van der Waals surface area contributed by atoms with E-state index in [4.69, 9.17) is 4.98 Å². The van der Waals surface area contributed by atoms with Gasteiger partial charge in [-0.2, -0.15) is 0 Å². The third-order valence-electron chi connectivity index (χ3n) is 4.85. The van der Waals surface area contributed by atoms with E-state index in [0.717, 1.165) is 26.7 Å². The Morgan fingerprint density at radius 3 is 2.41 bits per heavy atom. The van der Waals surface area contributed by atoms with Gasteiger partial charge in [0.05, 0.1) is 16.6 Å². The van der Waals surface area contributed by atoms with Gasteiger partial charge in [-0.1, -0.05) is 48.5 Å². The molecular weight excluding hydrogens is 492 g/mol. The summed E-state index contributed by atoms with van der Waals surface area (Å²) >= 11 is 3.11. The van der Waals surface area contributed by atoms with Crippen molar-refractivity contribution in [2.45, 2.75) is 19.0 Å². The predicted molar refractivity (Wildman–Crippen MR) is 133 cm³/mol. The van der Waals surface area contributed by atoms with Gasteiger partial charge in [-0.25, -0.2) is 18.2 Å². The lowest BCUT2D eigenvalue weighted by molar-refractivity contribution is 0.236. The average Bonchev–Trinajstić information content (AvgIpc) is 3.50. The largest absolute Gasteiger partial charge is 0.731 e. The smallest absolute Gasteiger partial charge is 0.315 e. The Balaban J connectivity index is 1.49. The molecule has 34 heavy (non-hydrogen) atoms. The van der Waals surface area contributed by atoms with Crippen molar-refractivity contribution in [3.05, 3.63) is 94.3 Å². The molecule has 0 saturated carbocycles. The summed E-state index contributed by atoms with van der Waals surface area (Å²) in [7, 11) is -4.59. The summed E-state index contributed by atoms with van der Waals surface area (Å²) in [4.78, 5) is 18.5. The molecule has 0 aliphatic rings.